The van der Waals surface area contributed by atoms with E-state index in [1.165, 1.54) is 11.3 Å². The van der Waals surface area contributed by atoms with Crippen molar-refractivity contribution in [2.45, 2.75) is 25.5 Å². The minimum absolute atomic E-state index is 0.119. The van der Waals surface area contributed by atoms with E-state index >= 15 is 0 Å². The summed E-state index contributed by atoms with van der Waals surface area (Å²) in [6, 6.07) is 21.1. The van der Waals surface area contributed by atoms with Gasteiger partial charge in [-0.3, -0.25) is 10.1 Å². The maximum absolute atomic E-state index is 12.6. The Hall–Kier alpha value is -3.32. The maximum Gasteiger partial charge on any atom is 0.322 e. The molecule has 2 N–H and O–H groups in total. The summed E-state index contributed by atoms with van der Waals surface area (Å²) in [6.45, 7) is 1.75. The lowest BCUT2D eigenvalue weighted by Crippen LogP contribution is -2.43. The van der Waals surface area contributed by atoms with Gasteiger partial charge < -0.3 is 15.0 Å². The van der Waals surface area contributed by atoms with Crippen LogP contribution in [0.4, 0.5) is 9.80 Å². The van der Waals surface area contributed by atoms with Gasteiger partial charge in [-0.25, -0.2) is 4.79 Å². The lowest BCUT2D eigenvalue weighted by molar-refractivity contribution is 0.0951. The van der Waals surface area contributed by atoms with Gasteiger partial charge in [-0.2, -0.15) is 0 Å². The summed E-state index contributed by atoms with van der Waals surface area (Å²) in [4.78, 5) is 26.8. The maximum atomic E-state index is 12.6. The monoisotopic (exact) mass is 435 g/mol. The van der Waals surface area contributed by atoms with E-state index in [9.17, 15) is 9.59 Å². The summed E-state index contributed by atoms with van der Waals surface area (Å²) in [6.07, 6.45) is 1.70. The van der Waals surface area contributed by atoms with E-state index < -0.39 is 0 Å². The fraction of sp³-hybridized carbons (Fsp3) is 0.250. The predicted octanol–water partition coefficient (Wildman–Crippen LogP) is 4.75. The average molecular weight is 436 g/mol. The second-order valence-corrected chi connectivity index (χ2v) is 8.33. The van der Waals surface area contributed by atoms with Crippen LogP contribution in [0.2, 0.25) is 0 Å². The number of para-hydroxylation sites is 1. The minimum atomic E-state index is -0.153. The first-order chi connectivity index (χ1) is 15.2. The Morgan fingerprint density at radius 1 is 1.00 bits per heavy atom. The molecule has 1 saturated heterocycles. The Morgan fingerprint density at radius 3 is 2.39 bits per heavy atom. The summed E-state index contributed by atoms with van der Waals surface area (Å²) < 4.78 is 5.99. The number of nitrogens with zero attached hydrogens (tertiary/aromatic N) is 1. The van der Waals surface area contributed by atoms with E-state index in [-0.39, 0.29) is 18.0 Å². The van der Waals surface area contributed by atoms with Gasteiger partial charge in [0.05, 0.1) is 10.6 Å². The first-order valence-electron chi connectivity index (χ1n) is 10.4. The number of piperidine rings is 1. The van der Waals surface area contributed by atoms with Crippen molar-refractivity contribution >= 4 is 28.3 Å². The predicted molar refractivity (Wildman–Crippen MR) is 123 cm³/mol. The molecule has 3 aromatic rings. The molecule has 1 aliphatic heterocycles. The van der Waals surface area contributed by atoms with Gasteiger partial charge in [-0.15, -0.1) is 11.3 Å². The normalized spacial score (nSPS) is 14.1. The van der Waals surface area contributed by atoms with Crippen molar-refractivity contribution in [3.63, 3.8) is 0 Å². The molecule has 4 rings (SSSR count). The van der Waals surface area contributed by atoms with Crippen molar-refractivity contribution in [2.24, 2.45) is 0 Å². The van der Waals surface area contributed by atoms with Crippen LogP contribution in [0.3, 0.4) is 0 Å². The van der Waals surface area contributed by atoms with Crippen molar-refractivity contribution in [1.82, 2.24) is 10.2 Å². The van der Waals surface area contributed by atoms with Crippen LogP contribution < -0.4 is 15.4 Å². The molecule has 1 aromatic heterocycles. The average Bonchev–Trinajstić information content (AvgIpc) is 3.28. The highest BCUT2D eigenvalue weighted by Gasteiger charge is 2.24. The van der Waals surface area contributed by atoms with Gasteiger partial charge in [0.25, 0.3) is 5.91 Å². The van der Waals surface area contributed by atoms with Crippen LogP contribution in [0.15, 0.2) is 72.1 Å². The van der Waals surface area contributed by atoms with Gasteiger partial charge in [-0.05, 0) is 23.8 Å². The zero-order valence-electron chi connectivity index (χ0n) is 17.1. The molecular weight excluding hydrogens is 410 g/mol. The molecule has 0 unspecified atom stereocenters. The molecule has 1 aliphatic rings. The fourth-order valence-electron chi connectivity index (χ4n) is 3.45. The zero-order valence-corrected chi connectivity index (χ0v) is 17.9. The first kappa shape index (κ1) is 20.9. The third-order valence-corrected chi connectivity index (χ3v) is 6.01. The SMILES string of the molecule is O=C(NCc1ccccc1)c1csc(NC(=O)N2CCC(Oc3ccccc3)CC2)c1. The molecule has 31 heavy (non-hydrogen) atoms. The van der Waals surface area contributed by atoms with E-state index in [2.05, 4.69) is 10.6 Å². The van der Waals surface area contributed by atoms with Crippen LogP contribution >= 0.6 is 11.3 Å². The molecule has 0 spiro atoms. The van der Waals surface area contributed by atoms with Gasteiger partial charge in [0.15, 0.2) is 0 Å². The van der Waals surface area contributed by atoms with Crippen molar-refractivity contribution in [1.29, 1.82) is 0 Å². The molecular formula is C24H25N3O3S. The van der Waals surface area contributed by atoms with Crippen molar-refractivity contribution in [2.75, 3.05) is 18.4 Å². The third-order valence-electron chi connectivity index (χ3n) is 5.16. The van der Waals surface area contributed by atoms with Gasteiger partial charge >= 0.3 is 6.03 Å². The Labute approximate surface area is 185 Å². The molecule has 1 fully saturated rings. The number of thiophene rings is 1. The number of nitrogens with one attached hydrogen (secondary N) is 2. The standard InChI is InChI=1S/C24H25N3O3S/c28-23(25-16-18-7-3-1-4-8-18)19-15-22(31-17-19)26-24(29)27-13-11-21(12-14-27)30-20-9-5-2-6-10-20/h1-10,15,17,21H,11-14,16H2,(H,25,28)(H,26,29). The second-order valence-electron chi connectivity index (χ2n) is 7.42. The van der Waals surface area contributed by atoms with E-state index in [1.807, 2.05) is 60.7 Å². The molecule has 0 atom stereocenters. The second kappa shape index (κ2) is 10.1. The number of hydrogen-bond donors (Lipinski definition) is 2. The van der Waals surface area contributed by atoms with Gasteiger partial charge in [-0.1, -0.05) is 48.5 Å². The molecule has 2 aromatic carbocycles. The molecule has 6 nitrogen and oxygen atoms in total. The number of carbonyl (C=O) groups excluding carboxylic acids is 2. The van der Waals surface area contributed by atoms with Gasteiger partial charge in [0.1, 0.15) is 11.9 Å². The number of amides is 3. The third kappa shape index (κ3) is 5.86. The van der Waals surface area contributed by atoms with Crippen LogP contribution in [0.25, 0.3) is 0 Å². The van der Waals surface area contributed by atoms with Crippen LogP contribution in [-0.2, 0) is 6.54 Å². The van der Waals surface area contributed by atoms with Crippen molar-refractivity contribution < 1.29 is 14.3 Å². The number of rotatable bonds is 6. The van der Waals surface area contributed by atoms with Crippen LogP contribution in [0.5, 0.6) is 5.75 Å². The number of hydrogen-bond acceptors (Lipinski definition) is 4. The Bertz CT molecular complexity index is 999. The summed E-state index contributed by atoms with van der Waals surface area (Å²) in [5, 5.41) is 8.23. The highest BCUT2D eigenvalue weighted by molar-refractivity contribution is 7.14. The summed E-state index contributed by atoms with van der Waals surface area (Å²) >= 11 is 1.35. The zero-order chi connectivity index (χ0) is 21.5. The Morgan fingerprint density at radius 2 is 1.68 bits per heavy atom. The van der Waals surface area contributed by atoms with E-state index in [1.54, 1.807) is 16.3 Å². The first-order valence-corrected chi connectivity index (χ1v) is 11.2. The molecule has 0 saturated carbocycles. The van der Waals surface area contributed by atoms with Crippen LogP contribution in [-0.4, -0.2) is 36.0 Å². The molecule has 0 bridgehead atoms. The summed E-state index contributed by atoms with van der Waals surface area (Å²) in [5.41, 5.74) is 1.59. The molecule has 160 valence electrons. The van der Waals surface area contributed by atoms with Crippen molar-refractivity contribution in [3.8, 4) is 5.75 Å². The van der Waals surface area contributed by atoms with E-state index in [0.29, 0.717) is 30.2 Å². The number of benzene rings is 2. The number of ether oxygens (including phenoxy) is 1. The molecule has 7 heteroatoms. The number of anilines is 1. The Balaban J connectivity index is 1.23. The van der Waals surface area contributed by atoms with Crippen molar-refractivity contribution in [3.05, 3.63) is 83.2 Å². The van der Waals surface area contributed by atoms with Gasteiger partial charge in [0, 0.05) is 37.9 Å². The van der Waals surface area contributed by atoms with Gasteiger partial charge in [0.2, 0.25) is 0 Å². The molecule has 3 amide bonds. The van der Waals surface area contributed by atoms with Crippen LogP contribution in [0, 0.1) is 0 Å². The molecule has 0 radical (unpaired) electrons. The van der Waals surface area contributed by atoms with Crippen LogP contribution in [0.1, 0.15) is 28.8 Å². The largest absolute Gasteiger partial charge is 0.490 e. The van der Waals surface area contributed by atoms with E-state index in [0.717, 1.165) is 24.2 Å². The smallest absolute Gasteiger partial charge is 0.322 e. The Kier molecular flexibility index (Phi) is 6.84. The summed E-state index contributed by atoms with van der Waals surface area (Å²) in [5.74, 6) is 0.710. The highest BCUT2D eigenvalue weighted by Crippen LogP contribution is 2.23. The molecule has 0 aliphatic carbocycles. The fourth-order valence-corrected chi connectivity index (χ4v) is 4.22. The highest BCUT2D eigenvalue weighted by atomic mass is 32.1. The lowest BCUT2D eigenvalue weighted by Gasteiger charge is -2.32. The number of carbonyl (C=O) groups is 2. The minimum Gasteiger partial charge on any atom is -0.490 e. The quantitative estimate of drug-likeness (QED) is 0.587. The van der Waals surface area contributed by atoms with E-state index in [4.69, 9.17) is 4.74 Å². The number of likely N-dealkylation sites (tertiary alicyclic amines) is 1. The topological polar surface area (TPSA) is 70.7 Å². The lowest BCUT2D eigenvalue weighted by atomic mass is 10.1. The number of urea groups is 1. The summed E-state index contributed by atoms with van der Waals surface area (Å²) in [7, 11) is 0. The molecule has 2 heterocycles.